The Morgan fingerprint density at radius 3 is 2.76 bits per heavy atom. The minimum atomic E-state index is -0.919. The highest BCUT2D eigenvalue weighted by molar-refractivity contribution is 6.22. The predicted molar refractivity (Wildman–Crippen MR) is 105 cm³/mol. The van der Waals surface area contributed by atoms with Crippen LogP contribution >= 0.6 is 0 Å². The van der Waals surface area contributed by atoms with Gasteiger partial charge in [0, 0.05) is 14.1 Å². The second-order valence-electron chi connectivity index (χ2n) is 7.02. The minimum absolute atomic E-state index is 0.0219. The highest BCUT2D eigenvalue weighted by Crippen LogP contribution is 2.19. The molecule has 2 unspecified atom stereocenters. The number of aryl methyl sites for hydroxylation is 1. The number of ether oxygens (including phenoxy) is 1. The van der Waals surface area contributed by atoms with Crippen LogP contribution in [-0.4, -0.2) is 101 Å². The number of hydrogen-bond donors (Lipinski definition) is 3. The zero-order valence-corrected chi connectivity index (χ0v) is 16.7. The molecule has 0 spiro atoms. The van der Waals surface area contributed by atoms with Crippen LogP contribution in [0.25, 0.3) is 0 Å². The first-order chi connectivity index (χ1) is 13.8. The number of aliphatic hydroxyl groups excluding tert-OH is 2. The molecule has 29 heavy (non-hydrogen) atoms. The number of likely N-dealkylation sites (N-methyl/N-ethyl adjacent to an activating group) is 2. The molecule has 3 N–H and O–H groups in total. The lowest BCUT2D eigenvalue weighted by atomic mass is 10.1. The SMILES string of the molecule is Cc1cccc(OCC(O)C[N+]2=C(NCCO)N=C3C2C(=O)N(C)C(=O)N3C)c1. The minimum Gasteiger partial charge on any atom is -0.491 e. The summed E-state index contributed by atoms with van der Waals surface area (Å²) in [7, 11) is 2.95. The number of nitrogens with zero attached hydrogens (tertiary/aromatic N) is 4. The third kappa shape index (κ3) is 4.22. The van der Waals surface area contributed by atoms with Gasteiger partial charge < -0.3 is 14.9 Å². The average Bonchev–Trinajstić information content (AvgIpc) is 3.06. The second-order valence-corrected chi connectivity index (χ2v) is 7.02. The largest absolute Gasteiger partial charge is 0.491 e. The van der Waals surface area contributed by atoms with Gasteiger partial charge in [-0.3, -0.25) is 19.9 Å². The van der Waals surface area contributed by atoms with Gasteiger partial charge in [0.2, 0.25) is 11.9 Å². The molecule has 2 aliphatic heterocycles. The van der Waals surface area contributed by atoms with Crippen molar-refractivity contribution in [3.63, 3.8) is 0 Å². The van der Waals surface area contributed by atoms with Crippen molar-refractivity contribution in [2.24, 2.45) is 4.99 Å². The van der Waals surface area contributed by atoms with Gasteiger partial charge in [0.05, 0.1) is 19.7 Å². The van der Waals surface area contributed by atoms with E-state index in [9.17, 15) is 14.7 Å². The van der Waals surface area contributed by atoms with Crippen molar-refractivity contribution in [2.75, 3.05) is 40.4 Å². The summed E-state index contributed by atoms with van der Waals surface area (Å²) in [4.78, 5) is 31.7. The molecule has 10 heteroatoms. The number of amidine groups is 1. The van der Waals surface area contributed by atoms with Gasteiger partial charge in [-0.25, -0.2) is 9.37 Å². The fourth-order valence-electron chi connectivity index (χ4n) is 3.28. The topological polar surface area (TPSA) is 118 Å². The Hall–Kier alpha value is -2.98. The lowest BCUT2D eigenvalue weighted by Crippen LogP contribution is -2.62. The third-order valence-corrected chi connectivity index (χ3v) is 4.77. The van der Waals surface area contributed by atoms with Crippen LogP contribution < -0.4 is 10.1 Å². The Kier molecular flexibility index (Phi) is 6.14. The fourth-order valence-corrected chi connectivity index (χ4v) is 3.28. The van der Waals surface area contributed by atoms with E-state index >= 15 is 0 Å². The number of urea groups is 1. The van der Waals surface area contributed by atoms with E-state index in [1.54, 1.807) is 17.7 Å². The van der Waals surface area contributed by atoms with Crippen LogP contribution in [0.1, 0.15) is 5.56 Å². The molecule has 10 nitrogen and oxygen atoms in total. The number of rotatable bonds is 7. The average molecular weight is 404 g/mol. The van der Waals surface area contributed by atoms with E-state index < -0.39 is 24.1 Å². The molecule has 1 fully saturated rings. The number of nitrogens with one attached hydrogen (secondary N) is 1. The molecular formula is C19H26N5O5+. The van der Waals surface area contributed by atoms with Crippen molar-refractivity contribution in [1.82, 2.24) is 15.1 Å². The van der Waals surface area contributed by atoms with Crippen LogP contribution in [0.4, 0.5) is 4.79 Å². The van der Waals surface area contributed by atoms with Gasteiger partial charge in [-0.15, -0.1) is 0 Å². The highest BCUT2D eigenvalue weighted by Gasteiger charge is 2.51. The number of carbonyl (C=O) groups is 2. The molecule has 0 aromatic heterocycles. The summed E-state index contributed by atoms with van der Waals surface area (Å²) in [5, 5.41) is 22.6. The molecule has 1 aromatic carbocycles. The van der Waals surface area contributed by atoms with Crippen molar-refractivity contribution in [1.29, 1.82) is 0 Å². The van der Waals surface area contributed by atoms with Crippen molar-refractivity contribution >= 4 is 23.7 Å². The molecule has 3 amide bonds. The number of aliphatic hydroxyl groups is 2. The first-order valence-corrected chi connectivity index (χ1v) is 9.33. The standard InChI is InChI=1S/C19H25N5O5/c1-12-5-4-6-14(9-12)29-11-13(26)10-24-15-16(21-18(24)20-7-8-25)22(2)19(28)23(3)17(15)27/h4-6,9,13,15,25-26H,7-8,10-11H2,1-3H3/p+1. The van der Waals surface area contributed by atoms with Crippen LogP contribution in [0.3, 0.4) is 0 Å². The Morgan fingerprint density at radius 2 is 2.07 bits per heavy atom. The third-order valence-electron chi connectivity index (χ3n) is 4.77. The smallest absolute Gasteiger partial charge is 0.390 e. The maximum Gasteiger partial charge on any atom is 0.390 e. The summed E-state index contributed by atoms with van der Waals surface area (Å²) in [5.41, 5.74) is 1.04. The molecule has 2 heterocycles. The molecule has 0 bridgehead atoms. The van der Waals surface area contributed by atoms with Crippen molar-refractivity contribution in [2.45, 2.75) is 19.1 Å². The fraction of sp³-hybridized carbons (Fsp3) is 0.474. The molecule has 1 aromatic rings. The van der Waals surface area contributed by atoms with E-state index in [0.29, 0.717) is 11.7 Å². The van der Waals surface area contributed by atoms with Gasteiger partial charge in [-0.1, -0.05) is 17.1 Å². The summed E-state index contributed by atoms with van der Waals surface area (Å²) in [6.07, 6.45) is -0.919. The molecule has 2 atom stereocenters. The van der Waals surface area contributed by atoms with Crippen LogP contribution in [0.15, 0.2) is 29.3 Å². The molecule has 0 aliphatic carbocycles. The number of amides is 3. The lowest BCUT2D eigenvalue weighted by Gasteiger charge is -2.32. The molecule has 3 rings (SSSR count). The van der Waals surface area contributed by atoms with Crippen molar-refractivity contribution < 1.29 is 29.1 Å². The van der Waals surface area contributed by atoms with Gasteiger partial charge in [0.15, 0.2) is 0 Å². The first-order valence-electron chi connectivity index (χ1n) is 9.33. The van der Waals surface area contributed by atoms with E-state index in [2.05, 4.69) is 10.3 Å². The second kappa shape index (κ2) is 8.58. The van der Waals surface area contributed by atoms with E-state index in [-0.39, 0.29) is 32.1 Å². The van der Waals surface area contributed by atoms with Crippen molar-refractivity contribution in [3.05, 3.63) is 29.8 Å². The van der Waals surface area contributed by atoms with Gasteiger partial charge in [-0.05, 0) is 24.6 Å². The number of benzene rings is 1. The number of fused-ring (bicyclic) bond motifs is 1. The van der Waals surface area contributed by atoms with E-state index in [1.807, 2.05) is 25.1 Å². The number of carbonyl (C=O) groups excluding carboxylic acids is 2. The Bertz CT molecular complexity index is 868. The summed E-state index contributed by atoms with van der Waals surface area (Å²) < 4.78 is 7.25. The molecule has 0 radical (unpaired) electrons. The number of hydrogen-bond acceptors (Lipinski definition) is 7. The van der Waals surface area contributed by atoms with Crippen LogP contribution in [-0.2, 0) is 4.79 Å². The normalized spacial score (nSPS) is 20.0. The van der Waals surface area contributed by atoms with E-state index in [1.165, 1.54) is 11.9 Å². The summed E-state index contributed by atoms with van der Waals surface area (Å²) in [6, 6.07) is 6.17. The van der Waals surface area contributed by atoms with Gasteiger partial charge in [0.1, 0.15) is 18.5 Å². The van der Waals surface area contributed by atoms with Gasteiger partial charge in [-0.2, -0.15) is 0 Å². The molecule has 156 valence electrons. The van der Waals surface area contributed by atoms with Crippen LogP contribution in [0.2, 0.25) is 0 Å². The Labute approximate surface area is 168 Å². The predicted octanol–water partition coefficient (Wildman–Crippen LogP) is -1.01. The Balaban J connectivity index is 1.77. The monoisotopic (exact) mass is 404 g/mol. The number of aliphatic imine (C=N–C) groups is 1. The number of guanidine groups is 1. The quantitative estimate of drug-likeness (QED) is 0.501. The van der Waals surface area contributed by atoms with E-state index in [4.69, 9.17) is 9.84 Å². The molecular weight excluding hydrogens is 378 g/mol. The zero-order valence-electron chi connectivity index (χ0n) is 16.7. The van der Waals surface area contributed by atoms with Gasteiger partial charge in [0.25, 0.3) is 5.91 Å². The maximum absolute atomic E-state index is 12.7. The summed E-state index contributed by atoms with van der Waals surface area (Å²) in [6.45, 7) is 2.11. The Morgan fingerprint density at radius 1 is 1.31 bits per heavy atom. The summed E-state index contributed by atoms with van der Waals surface area (Å²) in [5.74, 6) is 0.811. The molecule has 1 saturated heterocycles. The first kappa shape index (κ1) is 20.7. The van der Waals surface area contributed by atoms with Crippen LogP contribution in [0.5, 0.6) is 5.75 Å². The van der Waals surface area contributed by atoms with E-state index in [0.717, 1.165) is 10.5 Å². The maximum atomic E-state index is 12.7. The number of imide groups is 1. The number of β-amino-alcohol motifs (C(OH)–C–C–N with tert-alkyl or cyclic N) is 1. The molecule has 2 aliphatic rings. The van der Waals surface area contributed by atoms with Crippen molar-refractivity contribution in [3.8, 4) is 5.75 Å². The molecule has 0 saturated carbocycles. The van der Waals surface area contributed by atoms with Gasteiger partial charge >= 0.3 is 12.0 Å². The highest BCUT2D eigenvalue weighted by atomic mass is 16.5. The van der Waals surface area contributed by atoms with Crippen LogP contribution in [0, 0.1) is 6.92 Å². The zero-order chi connectivity index (χ0) is 21.1. The summed E-state index contributed by atoms with van der Waals surface area (Å²) >= 11 is 0. The lowest BCUT2D eigenvalue weighted by molar-refractivity contribution is -0.545.